The van der Waals surface area contributed by atoms with Gasteiger partial charge < -0.3 is 13.8 Å². The topological polar surface area (TPSA) is 44.8 Å². The average Bonchev–Trinajstić information content (AvgIpc) is 2.46. The van der Waals surface area contributed by atoms with E-state index in [4.69, 9.17) is 13.8 Å². The van der Waals surface area contributed by atoms with Crippen LogP contribution in [-0.4, -0.2) is 32.0 Å². The van der Waals surface area contributed by atoms with E-state index in [-0.39, 0.29) is 5.97 Å². The molecule has 0 aliphatic carbocycles. The number of ether oxygens (including phenoxy) is 1. The summed E-state index contributed by atoms with van der Waals surface area (Å²) in [5, 5.41) is 0. The van der Waals surface area contributed by atoms with Gasteiger partial charge in [0, 0.05) is 12.6 Å². The van der Waals surface area contributed by atoms with E-state index in [9.17, 15) is 4.79 Å². The molecule has 0 radical (unpaired) electrons. The molecule has 126 valence electrons. The molecule has 0 amide bonds. The van der Waals surface area contributed by atoms with Crippen molar-refractivity contribution < 1.29 is 18.6 Å². The number of esters is 1. The van der Waals surface area contributed by atoms with Gasteiger partial charge in [0.25, 0.3) is 0 Å². The van der Waals surface area contributed by atoms with Crippen LogP contribution in [0.1, 0.15) is 72.1 Å². The molecular weight excluding hydrogens is 287 g/mol. The molecule has 0 saturated heterocycles. The van der Waals surface area contributed by atoms with E-state index in [1.165, 1.54) is 32.1 Å². The van der Waals surface area contributed by atoms with Gasteiger partial charge in [0.2, 0.25) is 0 Å². The monoisotopic (exact) mass is 320 g/mol. The van der Waals surface area contributed by atoms with Gasteiger partial charge in [0.05, 0.1) is 19.8 Å². The van der Waals surface area contributed by atoms with Crippen LogP contribution in [0.25, 0.3) is 0 Å². The lowest BCUT2D eigenvalue weighted by Crippen LogP contribution is -2.03. The minimum atomic E-state index is -0.654. The van der Waals surface area contributed by atoms with Crippen LogP contribution in [0.3, 0.4) is 0 Å². The van der Waals surface area contributed by atoms with Crippen molar-refractivity contribution in [1.82, 2.24) is 0 Å². The van der Waals surface area contributed by atoms with Gasteiger partial charge in [-0.2, -0.15) is 0 Å². The second-order valence-corrected chi connectivity index (χ2v) is 6.55. The lowest BCUT2D eigenvalue weighted by Gasteiger charge is -2.15. The normalized spacial score (nSPS) is 11.0. The first-order valence-electron chi connectivity index (χ1n) is 8.43. The van der Waals surface area contributed by atoms with Gasteiger partial charge in [-0.25, -0.2) is 0 Å². The standard InChI is InChI=1S/C16H33O4P/c1-4-18-16(17)14-12-10-8-7-9-11-13-15-21(19-5-2)20-6-3/h4-15H2,1-3H3. The Hall–Kier alpha value is -0.180. The van der Waals surface area contributed by atoms with Crippen molar-refractivity contribution in [3.63, 3.8) is 0 Å². The van der Waals surface area contributed by atoms with E-state index in [1.807, 2.05) is 20.8 Å². The maximum atomic E-state index is 11.1. The highest BCUT2D eigenvalue weighted by molar-refractivity contribution is 7.47. The predicted octanol–water partition coefficient (Wildman–Crippen LogP) is 5.06. The first-order valence-corrected chi connectivity index (χ1v) is 9.79. The number of unbranched alkanes of at least 4 members (excludes halogenated alkanes) is 6. The average molecular weight is 320 g/mol. The predicted molar refractivity (Wildman–Crippen MR) is 88.6 cm³/mol. The zero-order valence-corrected chi connectivity index (χ0v) is 15.0. The van der Waals surface area contributed by atoms with Crippen LogP contribution in [0.2, 0.25) is 0 Å². The molecule has 21 heavy (non-hydrogen) atoms. The zero-order chi connectivity index (χ0) is 15.8. The van der Waals surface area contributed by atoms with Crippen LogP contribution >= 0.6 is 8.38 Å². The van der Waals surface area contributed by atoms with Crippen molar-refractivity contribution in [3.05, 3.63) is 0 Å². The third-order valence-electron chi connectivity index (χ3n) is 3.07. The molecule has 0 bridgehead atoms. The summed E-state index contributed by atoms with van der Waals surface area (Å²) < 4.78 is 16.1. The molecule has 0 aliphatic rings. The van der Waals surface area contributed by atoms with Crippen molar-refractivity contribution in [2.45, 2.75) is 72.1 Å². The van der Waals surface area contributed by atoms with E-state index in [1.54, 1.807) is 0 Å². The maximum Gasteiger partial charge on any atom is 0.305 e. The Labute approximate surface area is 131 Å². The molecule has 0 rings (SSSR count). The van der Waals surface area contributed by atoms with E-state index in [0.29, 0.717) is 13.0 Å². The van der Waals surface area contributed by atoms with Gasteiger partial charge in [-0.05, 0) is 33.6 Å². The van der Waals surface area contributed by atoms with Gasteiger partial charge in [0.15, 0.2) is 8.38 Å². The van der Waals surface area contributed by atoms with E-state index < -0.39 is 8.38 Å². The lowest BCUT2D eigenvalue weighted by molar-refractivity contribution is -0.143. The highest BCUT2D eigenvalue weighted by Gasteiger charge is 2.07. The second-order valence-electron chi connectivity index (χ2n) is 4.92. The molecule has 0 N–H and O–H groups in total. The van der Waals surface area contributed by atoms with Crippen LogP contribution in [0.15, 0.2) is 0 Å². The lowest BCUT2D eigenvalue weighted by atomic mass is 10.1. The number of carbonyl (C=O) groups is 1. The Morgan fingerprint density at radius 2 is 1.29 bits per heavy atom. The highest BCUT2D eigenvalue weighted by Crippen LogP contribution is 2.39. The molecule has 0 fully saturated rings. The zero-order valence-electron chi connectivity index (χ0n) is 14.1. The molecule has 0 aliphatic heterocycles. The fourth-order valence-corrected chi connectivity index (χ4v) is 3.47. The van der Waals surface area contributed by atoms with Gasteiger partial charge in [0.1, 0.15) is 0 Å². The molecule has 0 heterocycles. The molecule has 0 aromatic rings. The quantitative estimate of drug-likeness (QED) is 0.240. The smallest absolute Gasteiger partial charge is 0.305 e. The minimum absolute atomic E-state index is 0.0577. The SMILES string of the molecule is CCOC(=O)CCCCCCCCCP(OCC)OCC. The van der Waals surface area contributed by atoms with Gasteiger partial charge >= 0.3 is 5.97 Å². The second kappa shape index (κ2) is 16.2. The van der Waals surface area contributed by atoms with Crippen molar-refractivity contribution in [1.29, 1.82) is 0 Å². The minimum Gasteiger partial charge on any atom is -0.466 e. The number of rotatable bonds is 15. The molecule has 0 aromatic heterocycles. The molecule has 0 atom stereocenters. The van der Waals surface area contributed by atoms with Crippen LogP contribution in [0.4, 0.5) is 0 Å². The van der Waals surface area contributed by atoms with Crippen molar-refractivity contribution in [3.8, 4) is 0 Å². The highest BCUT2D eigenvalue weighted by atomic mass is 31.2. The summed E-state index contributed by atoms with van der Waals surface area (Å²) in [6.45, 7) is 7.86. The van der Waals surface area contributed by atoms with Crippen molar-refractivity contribution in [2.75, 3.05) is 26.0 Å². The third-order valence-corrected chi connectivity index (χ3v) is 4.85. The van der Waals surface area contributed by atoms with Gasteiger partial charge in [-0.3, -0.25) is 4.79 Å². The number of hydrogen-bond acceptors (Lipinski definition) is 4. The summed E-state index contributed by atoms with van der Waals surface area (Å²) in [4.78, 5) is 11.1. The summed E-state index contributed by atoms with van der Waals surface area (Å²) in [5.74, 6) is -0.0577. The Morgan fingerprint density at radius 1 is 0.762 bits per heavy atom. The van der Waals surface area contributed by atoms with E-state index in [0.717, 1.165) is 32.2 Å². The largest absolute Gasteiger partial charge is 0.466 e. The Bertz CT molecular complexity index is 230. The number of hydrogen-bond donors (Lipinski definition) is 0. The fraction of sp³-hybridized carbons (Fsp3) is 0.938. The molecular formula is C16H33O4P. The summed E-state index contributed by atoms with van der Waals surface area (Å²) >= 11 is 0. The maximum absolute atomic E-state index is 11.1. The van der Waals surface area contributed by atoms with Gasteiger partial charge in [-0.15, -0.1) is 0 Å². The molecule has 0 saturated carbocycles. The number of carbonyl (C=O) groups excluding carboxylic acids is 1. The molecule has 0 aromatic carbocycles. The Kier molecular flexibility index (Phi) is 16.1. The van der Waals surface area contributed by atoms with Crippen molar-refractivity contribution in [2.24, 2.45) is 0 Å². The molecule has 4 nitrogen and oxygen atoms in total. The van der Waals surface area contributed by atoms with E-state index >= 15 is 0 Å². The van der Waals surface area contributed by atoms with Crippen LogP contribution in [0.5, 0.6) is 0 Å². The van der Waals surface area contributed by atoms with Crippen molar-refractivity contribution >= 4 is 14.3 Å². The first-order chi connectivity index (χ1) is 10.2. The fourth-order valence-electron chi connectivity index (χ4n) is 2.08. The Balaban J connectivity index is 3.29. The van der Waals surface area contributed by atoms with Gasteiger partial charge in [-0.1, -0.05) is 32.1 Å². The molecule has 0 spiro atoms. The molecule has 5 heteroatoms. The summed E-state index contributed by atoms with van der Waals surface area (Å²) in [7, 11) is -0.654. The van der Waals surface area contributed by atoms with Crippen LogP contribution in [-0.2, 0) is 18.6 Å². The van der Waals surface area contributed by atoms with Crippen LogP contribution in [0, 0.1) is 0 Å². The van der Waals surface area contributed by atoms with E-state index in [2.05, 4.69) is 0 Å². The Morgan fingerprint density at radius 3 is 1.81 bits per heavy atom. The van der Waals surface area contributed by atoms with Crippen LogP contribution < -0.4 is 0 Å². The summed E-state index contributed by atoms with van der Waals surface area (Å²) in [5.41, 5.74) is 0. The molecule has 0 unspecified atom stereocenters. The third kappa shape index (κ3) is 14.5. The first kappa shape index (κ1) is 20.8. The summed E-state index contributed by atoms with van der Waals surface area (Å²) in [6, 6.07) is 0. The summed E-state index contributed by atoms with van der Waals surface area (Å²) in [6.07, 6.45) is 9.88.